The number of hydrogen-bond donors (Lipinski definition) is 1. The van der Waals surface area contributed by atoms with Crippen molar-refractivity contribution in [2.45, 2.75) is 44.7 Å². The molecule has 4 heteroatoms. The first-order valence-electron chi connectivity index (χ1n) is 8.52. The maximum atomic E-state index is 12.6. The number of carbonyl (C=O) groups excluding carboxylic acids is 1. The van der Waals surface area contributed by atoms with Crippen molar-refractivity contribution in [3.05, 3.63) is 35.4 Å². The standard InChI is InChI=1S/C18H26N2OS/c21-18(20-9-2-1-3-10-20)16-7-4-6-15(12-16)13-19-17-8-5-11-22-14-17/h4,6-7,12,17,19H,1-3,5,8-11,13-14H2/t17-/m0/s1. The van der Waals surface area contributed by atoms with E-state index in [0.29, 0.717) is 6.04 Å². The van der Waals surface area contributed by atoms with Gasteiger partial charge >= 0.3 is 0 Å². The van der Waals surface area contributed by atoms with Crippen molar-refractivity contribution in [2.24, 2.45) is 0 Å². The number of nitrogens with zero attached hydrogens (tertiary/aromatic N) is 1. The summed E-state index contributed by atoms with van der Waals surface area (Å²) < 4.78 is 0. The highest BCUT2D eigenvalue weighted by Gasteiger charge is 2.18. The number of thioether (sulfide) groups is 1. The third-order valence-electron chi connectivity index (χ3n) is 4.57. The van der Waals surface area contributed by atoms with Gasteiger partial charge in [0.2, 0.25) is 0 Å². The highest BCUT2D eigenvalue weighted by molar-refractivity contribution is 7.99. The van der Waals surface area contributed by atoms with Gasteiger partial charge in [-0.05, 0) is 55.6 Å². The first-order valence-corrected chi connectivity index (χ1v) is 9.68. The monoisotopic (exact) mass is 318 g/mol. The topological polar surface area (TPSA) is 32.3 Å². The lowest BCUT2D eigenvalue weighted by Gasteiger charge is -2.27. The van der Waals surface area contributed by atoms with E-state index in [0.717, 1.165) is 38.0 Å². The Hall–Kier alpha value is -1.00. The summed E-state index contributed by atoms with van der Waals surface area (Å²) in [6, 6.07) is 8.79. The summed E-state index contributed by atoms with van der Waals surface area (Å²) in [5.74, 6) is 2.72. The van der Waals surface area contributed by atoms with Crippen molar-refractivity contribution in [2.75, 3.05) is 24.6 Å². The Kier molecular flexibility index (Phi) is 5.79. The second kappa shape index (κ2) is 8.02. The molecular formula is C18H26N2OS. The predicted molar refractivity (Wildman–Crippen MR) is 93.4 cm³/mol. The number of nitrogens with one attached hydrogen (secondary N) is 1. The molecule has 0 radical (unpaired) electrons. The van der Waals surface area contributed by atoms with Gasteiger partial charge in [-0.2, -0.15) is 11.8 Å². The summed E-state index contributed by atoms with van der Waals surface area (Å²) >= 11 is 2.04. The van der Waals surface area contributed by atoms with E-state index >= 15 is 0 Å². The van der Waals surface area contributed by atoms with Crippen molar-refractivity contribution in [1.82, 2.24) is 10.2 Å². The zero-order valence-corrected chi connectivity index (χ0v) is 14.0. The number of rotatable bonds is 4. The van der Waals surface area contributed by atoms with Gasteiger partial charge in [-0.15, -0.1) is 0 Å². The molecule has 2 heterocycles. The molecule has 3 nitrogen and oxygen atoms in total. The van der Waals surface area contributed by atoms with Crippen LogP contribution < -0.4 is 5.32 Å². The molecule has 1 amide bonds. The van der Waals surface area contributed by atoms with E-state index in [-0.39, 0.29) is 5.91 Å². The molecule has 0 saturated carbocycles. The van der Waals surface area contributed by atoms with Crippen LogP contribution in [0.2, 0.25) is 0 Å². The van der Waals surface area contributed by atoms with Crippen molar-refractivity contribution < 1.29 is 4.79 Å². The first kappa shape index (κ1) is 15.9. The van der Waals surface area contributed by atoms with Crippen LogP contribution >= 0.6 is 11.8 Å². The Bertz CT molecular complexity index is 494. The molecule has 120 valence electrons. The zero-order chi connectivity index (χ0) is 15.2. The maximum absolute atomic E-state index is 12.6. The van der Waals surface area contributed by atoms with E-state index < -0.39 is 0 Å². The minimum absolute atomic E-state index is 0.203. The largest absolute Gasteiger partial charge is 0.339 e. The minimum atomic E-state index is 0.203. The van der Waals surface area contributed by atoms with Crippen LogP contribution in [0, 0.1) is 0 Å². The summed E-state index contributed by atoms with van der Waals surface area (Å²) in [7, 11) is 0. The number of piperidine rings is 1. The van der Waals surface area contributed by atoms with Crippen molar-refractivity contribution >= 4 is 17.7 Å². The molecule has 1 aromatic carbocycles. The third-order valence-corrected chi connectivity index (χ3v) is 5.79. The lowest BCUT2D eigenvalue weighted by Crippen LogP contribution is -2.35. The fraction of sp³-hybridized carbons (Fsp3) is 0.611. The first-order chi connectivity index (χ1) is 10.8. The Labute approximate surface area is 137 Å². The summed E-state index contributed by atoms with van der Waals surface area (Å²) in [4.78, 5) is 14.6. The average Bonchev–Trinajstić information content (AvgIpc) is 2.61. The Morgan fingerprint density at radius 1 is 1.23 bits per heavy atom. The van der Waals surface area contributed by atoms with E-state index in [1.807, 2.05) is 28.8 Å². The van der Waals surface area contributed by atoms with Gasteiger partial charge < -0.3 is 10.2 Å². The molecule has 0 unspecified atom stereocenters. The fourth-order valence-corrected chi connectivity index (χ4v) is 4.36. The van der Waals surface area contributed by atoms with Gasteiger partial charge in [0.05, 0.1) is 0 Å². The van der Waals surface area contributed by atoms with Crippen molar-refractivity contribution in [1.29, 1.82) is 0 Å². The molecule has 0 aliphatic carbocycles. The molecule has 1 aromatic rings. The predicted octanol–water partition coefficient (Wildman–Crippen LogP) is 3.30. The molecule has 2 saturated heterocycles. The van der Waals surface area contributed by atoms with Gasteiger partial charge in [0.1, 0.15) is 0 Å². The summed E-state index contributed by atoms with van der Waals surface area (Å²) in [5, 5.41) is 3.64. The number of hydrogen-bond acceptors (Lipinski definition) is 3. The van der Waals surface area contributed by atoms with Crippen LogP contribution in [0.25, 0.3) is 0 Å². The lowest BCUT2D eigenvalue weighted by atomic mass is 10.1. The minimum Gasteiger partial charge on any atom is -0.339 e. The lowest BCUT2D eigenvalue weighted by molar-refractivity contribution is 0.0724. The number of likely N-dealkylation sites (tertiary alicyclic amines) is 1. The van der Waals surface area contributed by atoms with Crippen LogP contribution in [0.3, 0.4) is 0 Å². The zero-order valence-electron chi connectivity index (χ0n) is 13.2. The highest BCUT2D eigenvalue weighted by Crippen LogP contribution is 2.18. The second-order valence-electron chi connectivity index (χ2n) is 6.35. The summed E-state index contributed by atoms with van der Waals surface area (Å²) in [6.45, 7) is 2.70. The van der Waals surface area contributed by atoms with E-state index in [1.54, 1.807) is 0 Å². The normalized spacial score (nSPS) is 22.5. The Balaban J connectivity index is 1.58. The molecule has 2 fully saturated rings. The van der Waals surface area contributed by atoms with Crippen LogP contribution in [0.5, 0.6) is 0 Å². The van der Waals surface area contributed by atoms with Gasteiger partial charge in [0.15, 0.2) is 0 Å². The molecule has 0 bridgehead atoms. The maximum Gasteiger partial charge on any atom is 0.253 e. The van der Waals surface area contributed by atoms with E-state index in [2.05, 4.69) is 17.4 Å². The molecule has 3 rings (SSSR count). The average molecular weight is 318 g/mol. The van der Waals surface area contributed by atoms with E-state index in [1.165, 1.54) is 36.3 Å². The van der Waals surface area contributed by atoms with Gasteiger partial charge in [0.25, 0.3) is 5.91 Å². The van der Waals surface area contributed by atoms with Crippen molar-refractivity contribution in [3.63, 3.8) is 0 Å². The summed E-state index contributed by atoms with van der Waals surface area (Å²) in [6.07, 6.45) is 6.14. The molecular weight excluding hydrogens is 292 g/mol. The smallest absolute Gasteiger partial charge is 0.253 e. The van der Waals surface area contributed by atoms with Crippen LogP contribution in [0.4, 0.5) is 0 Å². The van der Waals surface area contributed by atoms with Gasteiger partial charge in [0, 0.05) is 37.0 Å². The molecule has 2 aliphatic heterocycles. The fourth-order valence-electron chi connectivity index (χ4n) is 3.26. The quantitative estimate of drug-likeness (QED) is 0.924. The van der Waals surface area contributed by atoms with Crippen LogP contribution in [0.15, 0.2) is 24.3 Å². The molecule has 22 heavy (non-hydrogen) atoms. The van der Waals surface area contributed by atoms with Crippen LogP contribution in [0.1, 0.15) is 48.0 Å². The van der Waals surface area contributed by atoms with Crippen LogP contribution in [-0.2, 0) is 6.54 Å². The number of benzene rings is 1. The third kappa shape index (κ3) is 4.26. The Morgan fingerprint density at radius 2 is 2.09 bits per heavy atom. The Morgan fingerprint density at radius 3 is 2.86 bits per heavy atom. The van der Waals surface area contributed by atoms with Crippen LogP contribution in [-0.4, -0.2) is 41.4 Å². The van der Waals surface area contributed by atoms with E-state index in [9.17, 15) is 4.79 Å². The van der Waals surface area contributed by atoms with Gasteiger partial charge in [-0.3, -0.25) is 4.79 Å². The second-order valence-corrected chi connectivity index (χ2v) is 7.50. The van der Waals surface area contributed by atoms with Gasteiger partial charge in [-0.25, -0.2) is 0 Å². The number of carbonyl (C=O) groups is 1. The highest BCUT2D eigenvalue weighted by atomic mass is 32.2. The molecule has 0 spiro atoms. The molecule has 2 aliphatic rings. The van der Waals surface area contributed by atoms with Crippen molar-refractivity contribution in [3.8, 4) is 0 Å². The number of amides is 1. The molecule has 1 N–H and O–H groups in total. The molecule has 1 atom stereocenters. The summed E-state index contributed by atoms with van der Waals surface area (Å²) in [5.41, 5.74) is 2.07. The SMILES string of the molecule is O=C(c1cccc(CN[C@H]2CCCSC2)c1)N1CCCCC1. The van der Waals surface area contributed by atoms with Gasteiger partial charge in [-0.1, -0.05) is 12.1 Å². The van der Waals surface area contributed by atoms with E-state index in [4.69, 9.17) is 0 Å². The molecule has 0 aromatic heterocycles.